The number of aromatic hydroxyl groups is 1. The predicted molar refractivity (Wildman–Crippen MR) is 158 cm³/mol. The molecule has 8 nitrogen and oxygen atoms in total. The Labute approximate surface area is 246 Å². The zero-order valence-electron chi connectivity index (χ0n) is 23.1. The lowest BCUT2D eigenvalue weighted by molar-refractivity contribution is 0.0601. The molecule has 0 bridgehead atoms. The third kappa shape index (κ3) is 5.15. The Kier molecular flexibility index (Phi) is 7.72. The number of hydrogen-bond acceptors (Lipinski definition) is 8. The van der Waals surface area contributed by atoms with Crippen LogP contribution in [0, 0.1) is 5.82 Å². The van der Waals surface area contributed by atoms with Gasteiger partial charge in [0, 0.05) is 60.2 Å². The van der Waals surface area contributed by atoms with Crippen molar-refractivity contribution in [3.8, 4) is 11.6 Å². The molecular weight excluding hydrogens is 561 g/mol. The van der Waals surface area contributed by atoms with Crippen molar-refractivity contribution in [2.45, 2.75) is 12.6 Å². The van der Waals surface area contributed by atoms with Gasteiger partial charge >= 0.3 is 5.97 Å². The summed E-state index contributed by atoms with van der Waals surface area (Å²) in [6, 6.07) is 15.1. The van der Waals surface area contributed by atoms with Crippen LogP contribution >= 0.6 is 11.6 Å². The van der Waals surface area contributed by atoms with Crippen molar-refractivity contribution in [2.24, 2.45) is 0 Å². The second kappa shape index (κ2) is 11.6. The maximum Gasteiger partial charge on any atom is 0.341 e. The zero-order chi connectivity index (χ0) is 29.4. The molecule has 0 radical (unpaired) electrons. The van der Waals surface area contributed by atoms with E-state index in [1.807, 2.05) is 36.4 Å². The van der Waals surface area contributed by atoms with E-state index < -0.39 is 17.8 Å². The van der Waals surface area contributed by atoms with Crippen LogP contribution in [0.25, 0.3) is 21.7 Å². The molecule has 0 spiro atoms. The molecule has 1 unspecified atom stereocenters. The normalized spacial score (nSPS) is 15.2. The van der Waals surface area contributed by atoms with E-state index in [0.29, 0.717) is 51.8 Å². The van der Waals surface area contributed by atoms with E-state index in [4.69, 9.17) is 25.5 Å². The Morgan fingerprint density at radius 3 is 2.62 bits per heavy atom. The summed E-state index contributed by atoms with van der Waals surface area (Å²) in [6.45, 7) is 3.21. The smallest absolute Gasteiger partial charge is 0.341 e. The minimum absolute atomic E-state index is 0.0188. The second-order valence-electron chi connectivity index (χ2n) is 10.4. The molecule has 0 saturated carbocycles. The van der Waals surface area contributed by atoms with Crippen molar-refractivity contribution >= 4 is 39.3 Å². The van der Waals surface area contributed by atoms with Gasteiger partial charge in [-0.1, -0.05) is 41.9 Å². The van der Waals surface area contributed by atoms with E-state index in [2.05, 4.69) is 21.8 Å². The van der Waals surface area contributed by atoms with Gasteiger partial charge in [0.1, 0.15) is 35.6 Å². The molecule has 3 heterocycles. The monoisotopic (exact) mass is 589 g/mol. The average Bonchev–Trinajstić information content (AvgIpc) is 3.45. The first-order valence-corrected chi connectivity index (χ1v) is 13.9. The van der Waals surface area contributed by atoms with Crippen molar-refractivity contribution in [1.29, 1.82) is 0 Å². The van der Waals surface area contributed by atoms with Gasteiger partial charge in [-0.25, -0.2) is 14.2 Å². The molecule has 1 aliphatic heterocycles. The maximum atomic E-state index is 13.6. The first-order chi connectivity index (χ1) is 20.4. The van der Waals surface area contributed by atoms with E-state index in [1.54, 1.807) is 12.3 Å². The number of furan rings is 1. The second-order valence-corrected chi connectivity index (χ2v) is 10.8. The number of ether oxygens (including phenoxy) is 2. The molecule has 1 aliphatic rings. The van der Waals surface area contributed by atoms with Crippen molar-refractivity contribution in [3.63, 3.8) is 0 Å². The molecule has 5 aromatic rings. The Balaban J connectivity index is 1.51. The summed E-state index contributed by atoms with van der Waals surface area (Å²) >= 11 is 5.95. The number of likely N-dealkylation sites (N-methyl/N-ethyl adjacent to an activating group) is 1. The molecular formula is C32H29ClFN3O5. The number of halogens is 2. The Morgan fingerprint density at radius 1 is 1.12 bits per heavy atom. The van der Waals surface area contributed by atoms with Crippen LogP contribution in [-0.4, -0.2) is 66.2 Å². The molecule has 1 fully saturated rings. The van der Waals surface area contributed by atoms with Crippen LogP contribution in [-0.2, 0) is 11.3 Å². The third-order valence-electron chi connectivity index (χ3n) is 7.77. The standard InChI is InChI=1S/C32H29ClFN3O5/c1-36-11-13-37(14-12-36)29(20-9-10-35-26(16-20)41-17-19-7-8-25(34)24(33)15-19)28-27-23(32(39)40-2)18-42-31(27)22-6-4-3-5-21(22)30(28)38/h3-10,15-16,18,29,38H,11-14,17H2,1-2H3. The number of piperazine rings is 1. The summed E-state index contributed by atoms with van der Waals surface area (Å²) in [5.74, 6) is -0.640. The average molecular weight is 590 g/mol. The number of pyridine rings is 1. The number of benzene rings is 3. The molecule has 2 aromatic heterocycles. The van der Waals surface area contributed by atoms with Crippen LogP contribution in [0.1, 0.15) is 33.1 Å². The van der Waals surface area contributed by atoms with Crippen molar-refractivity contribution in [2.75, 3.05) is 40.3 Å². The highest BCUT2D eigenvalue weighted by Crippen LogP contribution is 2.47. The Bertz CT molecular complexity index is 1780. The quantitative estimate of drug-likeness (QED) is 0.225. The molecule has 0 amide bonds. The highest BCUT2D eigenvalue weighted by Gasteiger charge is 2.34. The molecule has 0 aliphatic carbocycles. The fourth-order valence-corrected chi connectivity index (χ4v) is 5.80. The fourth-order valence-electron chi connectivity index (χ4n) is 5.60. The number of nitrogens with zero attached hydrogens (tertiary/aromatic N) is 3. The molecule has 3 aromatic carbocycles. The number of carbonyl (C=O) groups is 1. The lowest BCUT2D eigenvalue weighted by atomic mass is 9.89. The fraction of sp³-hybridized carbons (Fsp3) is 0.250. The highest BCUT2D eigenvalue weighted by atomic mass is 35.5. The minimum Gasteiger partial charge on any atom is -0.507 e. The maximum absolute atomic E-state index is 13.6. The molecule has 10 heteroatoms. The summed E-state index contributed by atoms with van der Waals surface area (Å²) in [5, 5.41) is 13.7. The largest absolute Gasteiger partial charge is 0.507 e. The molecule has 1 N–H and O–H groups in total. The van der Waals surface area contributed by atoms with Gasteiger partial charge in [0.05, 0.1) is 18.2 Å². The van der Waals surface area contributed by atoms with Gasteiger partial charge in [-0.2, -0.15) is 0 Å². The van der Waals surface area contributed by atoms with Gasteiger partial charge in [-0.3, -0.25) is 4.90 Å². The van der Waals surface area contributed by atoms with Gasteiger partial charge in [0.25, 0.3) is 0 Å². The molecule has 216 valence electrons. The van der Waals surface area contributed by atoms with Gasteiger partial charge in [0.2, 0.25) is 5.88 Å². The molecule has 6 rings (SSSR count). The first kappa shape index (κ1) is 28.0. The van der Waals surface area contributed by atoms with E-state index in [0.717, 1.165) is 18.7 Å². The minimum atomic E-state index is -0.557. The summed E-state index contributed by atoms with van der Waals surface area (Å²) in [7, 11) is 3.39. The lowest BCUT2D eigenvalue weighted by Crippen LogP contribution is -2.46. The van der Waals surface area contributed by atoms with Crippen LogP contribution < -0.4 is 4.74 Å². The van der Waals surface area contributed by atoms with Crippen LogP contribution in [0.2, 0.25) is 5.02 Å². The number of phenols is 1. The number of carbonyl (C=O) groups excluding carboxylic acids is 1. The van der Waals surface area contributed by atoms with E-state index in [1.165, 1.54) is 25.5 Å². The lowest BCUT2D eigenvalue weighted by Gasteiger charge is -2.39. The third-order valence-corrected chi connectivity index (χ3v) is 8.06. The zero-order valence-corrected chi connectivity index (χ0v) is 23.9. The molecule has 1 saturated heterocycles. The number of esters is 1. The van der Waals surface area contributed by atoms with Gasteiger partial charge in [-0.05, 0) is 36.4 Å². The van der Waals surface area contributed by atoms with Crippen molar-refractivity contribution in [3.05, 3.63) is 100 Å². The topological polar surface area (TPSA) is 88.3 Å². The van der Waals surface area contributed by atoms with Crippen molar-refractivity contribution in [1.82, 2.24) is 14.8 Å². The van der Waals surface area contributed by atoms with Crippen LogP contribution in [0.4, 0.5) is 4.39 Å². The molecule has 42 heavy (non-hydrogen) atoms. The van der Waals surface area contributed by atoms with Gasteiger partial charge in [0.15, 0.2) is 0 Å². The summed E-state index contributed by atoms with van der Waals surface area (Å²) < 4.78 is 30.7. The number of hydrogen-bond donors (Lipinski definition) is 1. The highest BCUT2D eigenvalue weighted by molar-refractivity contribution is 6.30. The number of phenolic OH excluding ortho intramolecular Hbond substituents is 1. The van der Waals surface area contributed by atoms with Crippen LogP contribution in [0.15, 0.2) is 71.5 Å². The number of rotatable bonds is 7. The Hall–Kier alpha value is -4.18. The Morgan fingerprint density at radius 2 is 1.88 bits per heavy atom. The summed E-state index contributed by atoms with van der Waals surface area (Å²) in [5.41, 5.74) is 2.78. The van der Waals surface area contributed by atoms with Crippen LogP contribution in [0.3, 0.4) is 0 Å². The SMILES string of the molecule is COC(=O)c1coc2c1c(C(c1ccnc(OCc3ccc(F)c(Cl)c3)c1)N1CCN(C)CC1)c(O)c1ccccc12. The van der Waals surface area contributed by atoms with Gasteiger partial charge in [-0.15, -0.1) is 0 Å². The van der Waals surface area contributed by atoms with Crippen molar-refractivity contribution < 1.29 is 28.2 Å². The summed E-state index contributed by atoms with van der Waals surface area (Å²) in [6.07, 6.45) is 3.04. The molecule has 1 atom stereocenters. The predicted octanol–water partition coefficient (Wildman–Crippen LogP) is 6.18. The number of fused-ring (bicyclic) bond motifs is 3. The summed E-state index contributed by atoms with van der Waals surface area (Å²) in [4.78, 5) is 21.9. The van der Waals surface area contributed by atoms with E-state index in [9.17, 15) is 14.3 Å². The van der Waals surface area contributed by atoms with Crippen LogP contribution in [0.5, 0.6) is 11.6 Å². The first-order valence-electron chi connectivity index (χ1n) is 13.5. The number of methoxy groups -OCH3 is 1. The van der Waals surface area contributed by atoms with E-state index >= 15 is 0 Å². The van der Waals surface area contributed by atoms with E-state index in [-0.39, 0.29) is 22.9 Å². The number of aromatic nitrogens is 1. The van der Waals surface area contributed by atoms with Gasteiger partial charge < -0.3 is 23.9 Å².